The Morgan fingerprint density at radius 1 is 1.12 bits per heavy atom. The number of carbonyl (C=O) groups is 1. The molecule has 0 bridgehead atoms. The van der Waals surface area contributed by atoms with Crippen molar-refractivity contribution < 1.29 is 13.2 Å². The van der Waals surface area contributed by atoms with E-state index in [0.717, 1.165) is 31.2 Å². The lowest BCUT2D eigenvalue weighted by Crippen LogP contribution is -2.35. The Morgan fingerprint density at radius 3 is 2.28 bits per heavy atom. The van der Waals surface area contributed by atoms with Gasteiger partial charge in [0.2, 0.25) is 10.0 Å². The minimum Gasteiger partial charge on any atom is -0.349 e. The van der Waals surface area contributed by atoms with E-state index in [4.69, 9.17) is 0 Å². The zero-order valence-electron chi connectivity index (χ0n) is 15.5. The van der Waals surface area contributed by atoms with E-state index in [1.54, 1.807) is 12.1 Å². The SMILES string of the molecule is CCN(CC)S(=O)(=O)c1ccc(C)c(C(=O)NC2CCCCCC2)c1. The molecule has 25 heavy (non-hydrogen) atoms. The first-order valence-corrected chi connectivity index (χ1v) is 10.8. The summed E-state index contributed by atoms with van der Waals surface area (Å²) in [5.74, 6) is -0.166. The van der Waals surface area contributed by atoms with Crippen LogP contribution in [0.25, 0.3) is 0 Å². The van der Waals surface area contributed by atoms with E-state index in [1.807, 2.05) is 20.8 Å². The van der Waals surface area contributed by atoms with Crippen molar-refractivity contribution in [2.45, 2.75) is 70.2 Å². The highest BCUT2D eigenvalue weighted by Gasteiger charge is 2.24. The molecule has 0 spiro atoms. The molecule has 1 aromatic carbocycles. The van der Waals surface area contributed by atoms with Gasteiger partial charge in [0.05, 0.1) is 4.90 Å². The fourth-order valence-corrected chi connectivity index (χ4v) is 4.89. The molecule has 140 valence electrons. The van der Waals surface area contributed by atoms with Crippen LogP contribution in [0.2, 0.25) is 0 Å². The first-order chi connectivity index (χ1) is 11.9. The zero-order valence-corrected chi connectivity index (χ0v) is 16.4. The van der Waals surface area contributed by atoms with Gasteiger partial charge in [-0.3, -0.25) is 4.79 Å². The predicted octanol–water partition coefficient (Wildman–Crippen LogP) is 3.48. The molecule has 1 aromatic rings. The second-order valence-electron chi connectivity index (χ2n) is 6.73. The lowest BCUT2D eigenvalue weighted by Gasteiger charge is -2.20. The third kappa shape index (κ3) is 4.82. The van der Waals surface area contributed by atoms with E-state index in [9.17, 15) is 13.2 Å². The van der Waals surface area contributed by atoms with Gasteiger partial charge in [0.25, 0.3) is 5.91 Å². The van der Waals surface area contributed by atoms with Crippen LogP contribution in [0.5, 0.6) is 0 Å². The summed E-state index contributed by atoms with van der Waals surface area (Å²) in [6, 6.07) is 5.02. The van der Waals surface area contributed by atoms with Crippen LogP contribution in [0.3, 0.4) is 0 Å². The van der Waals surface area contributed by atoms with Crippen LogP contribution < -0.4 is 5.32 Å². The van der Waals surface area contributed by atoms with Gasteiger partial charge >= 0.3 is 0 Å². The highest BCUT2D eigenvalue weighted by atomic mass is 32.2. The predicted molar refractivity (Wildman–Crippen MR) is 100 cm³/mol. The molecule has 1 aliphatic carbocycles. The van der Waals surface area contributed by atoms with Gasteiger partial charge in [-0.1, -0.05) is 45.6 Å². The van der Waals surface area contributed by atoms with Crippen molar-refractivity contribution in [3.63, 3.8) is 0 Å². The van der Waals surface area contributed by atoms with Crippen LogP contribution in [0.1, 0.15) is 68.3 Å². The van der Waals surface area contributed by atoms with Gasteiger partial charge in [-0.05, 0) is 37.5 Å². The number of amides is 1. The Labute approximate surface area is 151 Å². The highest BCUT2D eigenvalue weighted by Crippen LogP contribution is 2.21. The molecule has 0 aliphatic heterocycles. The standard InChI is InChI=1S/C19H30N2O3S/c1-4-21(5-2)25(23,24)17-13-12-15(3)18(14-17)19(22)20-16-10-8-6-7-9-11-16/h12-14,16H,4-11H2,1-3H3,(H,20,22). The average Bonchev–Trinajstić information content (AvgIpc) is 2.84. The van der Waals surface area contributed by atoms with E-state index < -0.39 is 10.0 Å². The van der Waals surface area contributed by atoms with Crippen LogP contribution in [0.4, 0.5) is 0 Å². The van der Waals surface area contributed by atoms with Crippen molar-refractivity contribution in [2.75, 3.05) is 13.1 Å². The van der Waals surface area contributed by atoms with Gasteiger partial charge in [0.1, 0.15) is 0 Å². The quantitative estimate of drug-likeness (QED) is 0.784. The molecule has 6 heteroatoms. The Balaban J connectivity index is 2.24. The third-order valence-corrected chi connectivity index (χ3v) is 7.03. The van der Waals surface area contributed by atoms with Crippen molar-refractivity contribution in [1.29, 1.82) is 0 Å². The molecule has 0 atom stereocenters. The maximum atomic E-state index is 12.7. The highest BCUT2D eigenvalue weighted by molar-refractivity contribution is 7.89. The summed E-state index contributed by atoms with van der Waals surface area (Å²) in [4.78, 5) is 12.9. The molecule has 1 aliphatic rings. The summed E-state index contributed by atoms with van der Waals surface area (Å²) in [5, 5.41) is 3.10. The van der Waals surface area contributed by atoms with E-state index >= 15 is 0 Å². The lowest BCUT2D eigenvalue weighted by atomic mass is 10.1. The van der Waals surface area contributed by atoms with Gasteiger partial charge < -0.3 is 5.32 Å². The van der Waals surface area contributed by atoms with E-state index in [0.29, 0.717) is 18.7 Å². The molecule has 0 radical (unpaired) electrons. The third-order valence-electron chi connectivity index (χ3n) is 4.99. The fraction of sp³-hybridized carbons (Fsp3) is 0.632. The number of sulfonamides is 1. The summed E-state index contributed by atoms with van der Waals surface area (Å²) in [5.41, 5.74) is 1.25. The molecule has 0 aromatic heterocycles. The molecule has 0 saturated heterocycles. The number of hydrogen-bond acceptors (Lipinski definition) is 3. The number of carbonyl (C=O) groups excluding carboxylic acids is 1. The Bertz CT molecular complexity index is 689. The van der Waals surface area contributed by atoms with Crippen molar-refractivity contribution >= 4 is 15.9 Å². The minimum atomic E-state index is -3.56. The average molecular weight is 367 g/mol. The summed E-state index contributed by atoms with van der Waals surface area (Å²) in [6.07, 6.45) is 6.73. The number of hydrogen-bond donors (Lipinski definition) is 1. The van der Waals surface area contributed by atoms with Gasteiger partial charge in [-0.25, -0.2) is 8.42 Å². The van der Waals surface area contributed by atoms with Gasteiger partial charge in [0, 0.05) is 24.7 Å². The minimum absolute atomic E-state index is 0.166. The molecule has 1 fully saturated rings. The van der Waals surface area contributed by atoms with Crippen LogP contribution in [-0.4, -0.2) is 37.8 Å². The van der Waals surface area contributed by atoms with Gasteiger partial charge in [0.15, 0.2) is 0 Å². The zero-order chi connectivity index (χ0) is 18.4. The number of aryl methyl sites for hydroxylation is 1. The first kappa shape index (κ1) is 19.9. The summed E-state index contributed by atoms with van der Waals surface area (Å²) < 4.78 is 26.8. The number of rotatable bonds is 6. The fourth-order valence-electron chi connectivity index (χ4n) is 3.41. The summed E-state index contributed by atoms with van der Waals surface area (Å²) >= 11 is 0. The smallest absolute Gasteiger partial charge is 0.251 e. The normalized spacial score (nSPS) is 16.6. The Morgan fingerprint density at radius 2 is 1.72 bits per heavy atom. The van der Waals surface area contributed by atoms with Crippen LogP contribution in [-0.2, 0) is 10.0 Å². The van der Waals surface area contributed by atoms with Crippen molar-refractivity contribution in [2.24, 2.45) is 0 Å². The molecule has 1 N–H and O–H groups in total. The van der Waals surface area contributed by atoms with E-state index in [1.165, 1.54) is 23.2 Å². The molecule has 1 amide bonds. The topological polar surface area (TPSA) is 66.5 Å². The number of benzene rings is 1. The van der Waals surface area contributed by atoms with E-state index in [2.05, 4.69) is 5.32 Å². The van der Waals surface area contributed by atoms with Gasteiger partial charge in [-0.2, -0.15) is 4.31 Å². The molecule has 1 saturated carbocycles. The van der Waals surface area contributed by atoms with Crippen LogP contribution in [0.15, 0.2) is 23.1 Å². The van der Waals surface area contributed by atoms with Crippen LogP contribution >= 0.6 is 0 Å². The maximum absolute atomic E-state index is 12.7. The van der Waals surface area contributed by atoms with Crippen molar-refractivity contribution in [3.05, 3.63) is 29.3 Å². The van der Waals surface area contributed by atoms with Crippen molar-refractivity contribution in [1.82, 2.24) is 9.62 Å². The molecular weight excluding hydrogens is 336 g/mol. The molecule has 0 heterocycles. The number of nitrogens with one attached hydrogen (secondary N) is 1. The Hall–Kier alpha value is -1.40. The first-order valence-electron chi connectivity index (χ1n) is 9.31. The summed E-state index contributed by atoms with van der Waals surface area (Å²) in [7, 11) is -3.56. The lowest BCUT2D eigenvalue weighted by molar-refractivity contribution is 0.0932. The molecule has 0 unspecified atom stereocenters. The molecular formula is C19H30N2O3S. The monoisotopic (exact) mass is 366 g/mol. The van der Waals surface area contributed by atoms with Crippen LogP contribution in [0, 0.1) is 6.92 Å². The van der Waals surface area contributed by atoms with Gasteiger partial charge in [-0.15, -0.1) is 0 Å². The second-order valence-corrected chi connectivity index (χ2v) is 8.67. The van der Waals surface area contributed by atoms with E-state index in [-0.39, 0.29) is 16.8 Å². The molecule has 2 rings (SSSR count). The van der Waals surface area contributed by atoms with Crippen molar-refractivity contribution in [3.8, 4) is 0 Å². The Kier molecular flexibility index (Phi) is 7.02. The maximum Gasteiger partial charge on any atom is 0.251 e. The summed E-state index contributed by atoms with van der Waals surface area (Å²) in [6.45, 7) is 6.30. The second kappa shape index (κ2) is 8.81. The number of nitrogens with zero attached hydrogens (tertiary/aromatic N) is 1. The molecule has 5 nitrogen and oxygen atoms in total. The largest absolute Gasteiger partial charge is 0.349 e.